The number of thioether (sulfide) groups is 1. The number of benzene rings is 3. The van der Waals surface area contributed by atoms with Gasteiger partial charge in [0.15, 0.2) is 0 Å². The van der Waals surface area contributed by atoms with Crippen LogP contribution in [-0.4, -0.2) is 22.5 Å². The molecule has 3 aromatic rings. The molecule has 1 aliphatic rings. The quantitative estimate of drug-likeness (QED) is 0.432. The van der Waals surface area contributed by atoms with Crippen LogP contribution in [0.3, 0.4) is 0 Å². The molecule has 0 spiro atoms. The molecule has 0 bridgehead atoms. The number of hydrogen-bond donors (Lipinski definition) is 1. The summed E-state index contributed by atoms with van der Waals surface area (Å²) in [6.45, 7) is 1.61. The van der Waals surface area contributed by atoms with E-state index in [1.54, 1.807) is 42.2 Å². The molecule has 3 aromatic carbocycles. The molecule has 7 nitrogen and oxygen atoms in total. The number of nitrogens with one attached hydrogen (secondary N) is 1. The summed E-state index contributed by atoms with van der Waals surface area (Å²) in [4.78, 5) is 37.4. The zero-order chi connectivity index (χ0) is 22.8. The first kappa shape index (κ1) is 21.5. The molecule has 1 unspecified atom stereocenters. The molecule has 32 heavy (non-hydrogen) atoms. The van der Waals surface area contributed by atoms with Crippen molar-refractivity contribution in [1.29, 1.82) is 0 Å². The second-order valence-corrected chi connectivity index (χ2v) is 8.31. The predicted molar refractivity (Wildman–Crippen MR) is 121 cm³/mol. The van der Waals surface area contributed by atoms with Crippen molar-refractivity contribution in [2.45, 2.75) is 12.3 Å². The zero-order valence-electron chi connectivity index (χ0n) is 16.9. The summed E-state index contributed by atoms with van der Waals surface area (Å²) in [5.41, 5.74) is 2.39. The number of rotatable bonds is 5. The third-order valence-electron chi connectivity index (χ3n) is 5.07. The van der Waals surface area contributed by atoms with Crippen molar-refractivity contribution in [2.75, 3.05) is 16.0 Å². The molecule has 0 saturated carbocycles. The van der Waals surface area contributed by atoms with E-state index >= 15 is 0 Å². The van der Waals surface area contributed by atoms with E-state index in [1.807, 2.05) is 6.07 Å². The fourth-order valence-electron chi connectivity index (χ4n) is 3.47. The van der Waals surface area contributed by atoms with Gasteiger partial charge in [0.05, 0.1) is 10.7 Å². The first-order chi connectivity index (χ1) is 15.3. The van der Waals surface area contributed by atoms with E-state index in [9.17, 15) is 24.1 Å². The third-order valence-corrected chi connectivity index (χ3v) is 6.28. The Bertz CT molecular complexity index is 1220. The van der Waals surface area contributed by atoms with Crippen LogP contribution in [0.25, 0.3) is 0 Å². The lowest BCUT2D eigenvalue weighted by atomic mass is 10.1. The van der Waals surface area contributed by atoms with Crippen molar-refractivity contribution in [3.05, 3.63) is 99.4 Å². The van der Waals surface area contributed by atoms with Crippen LogP contribution in [0, 0.1) is 22.9 Å². The van der Waals surface area contributed by atoms with Gasteiger partial charge in [-0.1, -0.05) is 18.2 Å². The highest BCUT2D eigenvalue weighted by Gasteiger charge is 2.34. The van der Waals surface area contributed by atoms with Gasteiger partial charge in [0, 0.05) is 28.6 Å². The SMILES string of the molecule is Cc1ccc(C(=O)Nc2cccc(C3SCC(=O)N3c3ccc(F)cc3)c2)cc1[N+](=O)[O-]. The highest BCUT2D eigenvalue weighted by atomic mass is 32.2. The average molecular weight is 451 g/mol. The van der Waals surface area contributed by atoms with Crippen LogP contribution >= 0.6 is 11.8 Å². The Morgan fingerprint density at radius 3 is 2.62 bits per heavy atom. The molecule has 1 N–H and O–H groups in total. The Balaban J connectivity index is 1.58. The van der Waals surface area contributed by atoms with Crippen molar-refractivity contribution >= 4 is 40.6 Å². The standard InChI is InChI=1S/C23H18FN3O4S/c1-14-5-6-15(12-20(14)27(30)31)22(29)25-18-4-2-3-16(11-18)23-26(21(28)13-32-23)19-9-7-17(24)8-10-19/h2-12,23H,13H2,1H3,(H,25,29). The van der Waals surface area contributed by atoms with Crippen LogP contribution in [0.15, 0.2) is 66.7 Å². The van der Waals surface area contributed by atoms with E-state index < -0.39 is 10.8 Å². The number of halogens is 1. The average Bonchev–Trinajstić information content (AvgIpc) is 3.16. The topological polar surface area (TPSA) is 92.6 Å². The second-order valence-electron chi connectivity index (χ2n) is 7.24. The van der Waals surface area contributed by atoms with Gasteiger partial charge in [-0.05, 0) is 55.0 Å². The van der Waals surface area contributed by atoms with E-state index in [4.69, 9.17) is 0 Å². The molecule has 1 aliphatic heterocycles. The maximum Gasteiger partial charge on any atom is 0.273 e. The van der Waals surface area contributed by atoms with Crippen LogP contribution in [-0.2, 0) is 4.79 Å². The summed E-state index contributed by atoms with van der Waals surface area (Å²) in [7, 11) is 0. The van der Waals surface area contributed by atoms with E-state index in [1.165, 1.54) is 42.1 Å². The number of amides is 2. The fourth-order valence-corrected chi connectivity index (χ4v) is 4.64. The Kier molecular flexibility index (Phi) is 5.91. The van der Waals surface area contributed by atoms with Crippen LogP contribution in [0.2, 0.25) is 0 Å². The fraction of sp³-hybridized carbons (Fsp3) is 0.130. The summed E-state index contributed by atoms with van der Waals surface area (Å²) in [6.07, 6.45) is 0. The minimum atomic E-state index is -0.523. The van der Waals surface area contributed by atoms with Crippen molar-refractivity contribution in [1.82, 2.24) is 0 Å². The van der Waals surface area contributed by atoms with Gasteiger partial charge in [-0.2, -0.15) is 0 Å². The smallest absolute Gasteiger partial charge is 0.273 e. The first-order valence-corrected chi connectivity index (χ1v) is 10.7. The second kappa shape index (κ2) is 8.80. The number of nitro groups is 1. The number of nitro benzene ring substituents is 1. The minimum absolute atomic E-state index is 0.0898. The summed E-state index contributed by atoms with van der Waals surface area (Å²) >= 11 is 1.44. The Hall–Kier alpha value is -3.72. The molecule has 1 saturated heterocycles. The van der Waals surface area contributed by atoms with Gasteiger partial charge in [-0.3, -0.25) is 24.6 Å². The van der Waals surface area contributed by atoms with E-state index in [2.05, 4.69) is 5.32 Å². The first-order valence-electron chi connectivity index (χ1n) is 9.69. The summed E-state index contributed by atoms with van der Waals surface area (Å²) < 4.78 is 13.3. The van der Waals surface area contributed by atoms with E-state index in [0.29, 0.717) is 16.9 Å². The van der Waals surface area contributed by atoms with Crippen LogP contribution in [0.1, 0.15) is 26.9 Å². The lowest BCUT2D eigenvalue weighted by Crippen LogP contribution is -2.27. The van der Waals surface area contributed by atoms with E-state index in [0.717, 1.165) is 5.56 Å². The molecule has 9 heteroatoms. The Morgan fingerprint density at radius 2 is 1.91 bits per heavy atom. The summed E-state index contributed by atoms with van der Waals surface area (Å²) in [5.74, 6) is -0.666. The molecule has 1 atom stereocenters. The van der Waals surface area contributed by atoms with Crippen LogP contribution < -0.4 is 10.2 Å². The number of nitrogens with zero attached hydrogens (tertiary/aromatic N) is 2. The van der Waals surface area contributed by atoms with E-state index in [-0.39, 0.29) is 34.1 Å². The molecule has 0 aliphatic carbocycles. The van der Waals surface area contributed by atoms with Gasteiger partial charge in [0.2, 0.25) is 5.91 Å². The zero-order valence-corrected chi connectivity index (χ0v) is 17.8. The van der Waals surface area contributed by atoms with Gasteiger partial charge in [0.25, 0.3) is 11.6 Å². The normalized spacial score (nSPS) is 15.6. The molecular weight excluding hydrogens is 433 g/mol. The van der Waals surface area contributed by atoms with Crippen molar-refractivity contribution in [3.8, 4) is 0 Å². The number of hydrogen-bond acceptors (Lipinski definition) is 5. The van der Waals surface area contributed by atoms with Crippen molar-refractivity contribution < 1.29 is 18.9 Å². The van der Waals surface area contributed by atoms with Crippen LogP contribution in [0.4, 0.5) is 21.5 Å². The van der Waals surface area contributed by atoms with Gasteiger partial charge >= 0.3 is 0 Å². The maximum absolute atomic E-state index is 13.3. The molecule has 0 aromatic heterocycles. The molecular formula is C23H18FN3O4S. The van der Waals surface area contributed by atoms with Crippen molar-refractivity contribution in [2.24, 2.45) is 0 Å². The number of carbonyl (C=O) groups is 2. The molecule has 4 rings (SSSR count). The molecule has 0 radical (unpaired) electrons. The minimum Gasteiger partial charge on any atom is -0.322 e. The Morgan fingerprint density at radius 1 is 1.16 bits per heavy atom. The highest BCUT2D eigenvalue weighted by molar-refractivity contribution is 8.00. The van der Waals surface area contributed by atoms with Crippen LogP contribution in [0.5, 0.6) is 0 Å². The number of anilines is 2. The van der Waals surface area contributed by atoms with Gasteiger partial charge in [0.1, 0.15) is 11.2 Å². The molecule has 2 amide bonds. The predicted octanol–water partition coefficient (Wildman–Crippen LogP) is 5.07. The number of carbonyl (C=O) groups excluding carboxylic acids is 2. The number of aryl methyl sites for hydroxylation is 1. The summed E-state index contributed by atoms with van der Waals surface area (Å²) in [6, 6.07) is 17.1. The third kappa shape index (κ3) is 4.33. The lowest BCUT2D eigenvalue weighted by Gasteiger charge is -2.24. The molecule has 1 heterocycles. The summed E-state index contributed by atoms with van der Waals surface area (Å²) in [5, 5.41) is 13.6. The van der Waals surface area contributed by atoms with Gasteiger partial charge in [-0.15, -0.1) is 11.8 Å². The Labute approximate surface area is 187 Å². The largest absolute Gasteiger partial charge is 0.322 e. The highest BCUT2D eigenvalue weighted by Crippen LogP contribution is 2.42. The van der Waals surface area contributed by atoms with Gasteiger partial charge in [-0.25, -0.2) is 4.39 Å². The lowest BCUT2D eigenvalue weighted by molar-refractivity contribution is -0.385. The monoisotopic (exact) mass is 451 g/mol. The maximum atomic E-state index is 13.3. The molecule has 162 valence electrons. The molecule has 1 fully saturated rings. The van der Waals surface area contributed by atoms with Crippen molar-refractivity contribution in [3.63, 3.8) is 0 Å². The van der Waals surface area contributed by atoms with Gasteiger partial charge < -0.3 is 5.32 Å².